The molecule has 0 fully saturated rings. The van der Waals surface area contributed by atoms with Crippen molar-refractivity contribution in [3.05, 3.63) is 18.0 Å². The average Bonchev–Trinajstić information content (AvgIpc) is 2.50. The molecule has 5 nitrogen and oxygen atoms in total. The minimum atomic E-state index is 0.323. The summed E-state index contributed by atoms with van der Waals surface area (Å²) in [7, 11) is 1.90. The normalized spacial score (nSPS) is 12.1. The van der Waals surface area contributed by atoms with Crippen molar-refractivity contribution in [3.63, 3.8) is 0 Å². The summed E-state index contributed by atoms with van der Waals surface area (Å²) in [5.41, 5.74) is 6.70. The molecule has 1 rings (SSSR count). The molecule has 0 unspecified atom stereocenters. The van der Waals surface area contributed by atoms with E-state index in [1.165, 1.54) is 0 Å². The van der Waals surface area contributed by atoms with Gasteiger partial charge in [0.1, 0.15) is 0 Å². The molecule has 0 spiro atoms. The van der Waals surface area contributed by atoms with Crippen LogP contribution in [0.4, 0.5) is 0 Å². The van der Waals surface area contributed by atoms with Crippen LogP contribution in [0.2, 0.25) is 0 Å². The van der Waals surface area contributed by atoms with Crippen molar-refractivity contribution < 1.29 is 0 Å². The molecule has 0 aliphatic carbocycles. The summed E-state index contributed by atoms with van der Waals surface area (Å²) in [6, 6.07) is 2.31. The van der Waals surface area contributed by atoms with Gasteiger partial charge in [0.15, 0.2) is 5.96 Å². The molecular formula is C10H19N5. The smallest absolute Gasteiger partial charge is 0.188 e. The summed E-state index contributed by atoms with van der Waals surface area (Å²) in [5.74, 6) is 0.501. The zero-order valence-corrected chi connectivity index (χ0v) is 9.57. The zero-order chi connectivity index (χ0) is 11.3. The van der Waals surface area contributed by atoms with Crippen LogP contribution >= 0.6 is 0 Å². The molecule has 84 valence electrons. The van der Waals surface area contributed by atoms with Gasteiger partial charge in [-0.25, -0.2) is 0 Å². The number of rotatable bonds is 4. The maximum atomic E-state index is 5.66. The summed E-state index contributed by atoms with van der Waals surface area (Å²) in [6.07, 6.45) is 2.75. The van der Waals surface area contributed by atoms with Gasteiger partial charge in [-0.1, -0.05) is 0 Å². The van der Waals surface area contributed by atoms with Crippen molar-refractivity contribution >= 4 is 5.96 Å². The number of aromatic nitrogens is 2. The van der Waals surface area contributed by atoms with E-state index >= 15 is 0 Å². The minimum Gasteiger partial charge on any atom is -0.370 e. The summed E-state index contributed by atoms with van der Waals surface area (Å²) in [6.45, 7) is 4.73. The lowest BCUT2D eigenvalue weighted by molar-refractivity contribution is 0.718. The van der Waals surface area contributed by atoms with E-state index in [0.717, 1.165) is 12.1 Å². The standard InChI is InChI=1S/C10H19N5/c1-8(2)13-10(11)12-6-4-9-5-7-15(3)14-9/h5,7-8H,4,6H2,1-3H3,(H3,11,12,13). The van der Waals surface area contributed by atoms with E-state index in [1.807, 2.05) is 33.2 Å². The molecule has 1 aromatic rings. The second-order valence-corrected chi connectivity index (χ2v) is 3.80. The Labute approximate surface area is 90.4 Å². The lowest BCUT2D eigenvalue weighted by atomic mass is 10.3. The Morgan fingerprint density at radius 3 is 2.93 bits per heavy atom. The largest absolute Gasteiger partial charge is 0.370 e. The van der Waals surface area contributed by atoms with Crippen LogP contribution in [0.5, 0.6) is 0 Å². The van der Waals surface area contributed by atoms with Crippen LogP contribution in [0.25, 0.3) is 0 Å². The molecule has 0 saturated heterocycles. The topological polar surface area (TPSA) is 68.2 Å². The van der Waals surface area contributed by atoms with Crippen LogP contribution in [0.3, 0.4) is 0 Å². The van der Waals surface area contributed by atoms with Gasteiger partial charge < -0.3 is 11.1 Å². The van der Waals surface area contributed by atoms with Gasteiger partial charge in [-0.05, 0) is 19.9 Å². The van der Waals surface area contributed by atoms with Gasteiger partial charge in [0.05, 0.1) is 5.69 Å². The Bertz CT molecular complexity index is 326. The second kappa shape index (κ2) is 5.38. The van der Waals surface area contributed by atoms with Gasteiger partial charge in [-0.2, -0.15) is 5.10 Å². The third kappa shape index (κ3) is 4.49. The fourth-order valence-electron chi connectivity index (χ4n) is 1.23. The molecule has 0 aliphatic heterocycles. The molecule has 0 saturated carbocycles. The van der Waals surface area contributed by atoms with Gasteiger partial charge in [0.25, 0.3) is 0 Å². The molecule has 0 atom stereocenters. The Kier molecular flexibility index (Phi) is 4.15. The van der Waals surface area contributed by atoms with E-state index < -0.39 is 0 Å². The van der Waals surface area contributed by atoms with Crippen LogP contribution in [0, 0.1) is 0 Å². The zero-order valence-electron chi connectivity index (χ0n) is 9.57. The average molecular weight is 209 g/mol. The first-order valence-corrected chi connectivity index (χ1v) is 5.13. The summed E-state index contributed by atoms with van der Waals surface area (Å²) in [4.78, 5) is 4.20. The van der Waals surface area contributed by atoms with E-state index in [-0.39, 0.29) is 0 Å². The van der Waals surface area contributed by atoms with Crippen LogP contribution in [-0.4, -0.2) is 28.3 Å². The number of hydrogen-bond donors (Lipinski definition) is 2. The van der Waals surface area contributed by atoms with Crippen molar-refractivity contribution in [2.75, 3.05) is 6.54 Å². The number of aliphatic imine (C=N–C) groups is 1. The number of nitrogens with one attached hydrogen (secondary N) is 1. The SMILES string of the molecule is CC(C)NC(N)=NCCc1ccn(C)n1. The van der Waals surface area contributed by atoms with Gasteiger partial charge in [-0.15, -0.1) is 0 Å². The number of hydrogen-bond acceptors (Lipinski definition) is 2. The van der Waals surface area contributed by atoms with E-state index in [9.17, 15) is 0 Å². The summed E-state index contributed by atoms with van der Waals surface area (Å²) in [5, 5.41) is 7.29. The molecule has 0 aliphatic rings. The van der Waals surface area contributed by atoms with Crippen molar-refractivity contribution in [1.29, 1.82) is 0 Å². The Morgan fingerprint density at radius 1 is 1.67 bits per heavy atom. The van der Waals surface area contributed by atoms with E-state index in [1.54, 1.807) is 4.68 Å². The Hall–Kier alpha value is -1.52. The van der Waals surface area contributed by atoms with Crippen molar-refractivity contribution in [2.45, 2.75) is 26.3 Å². The number of nitrogens with zero attached hydrogens (tertiary/aromatic N) is 3. The highest BCUT2D eigenvalue weighted by atomic mass is 15.2. The summed E-state index contributed by atoms with van der Waals surface area (Å²) < 4.78 is 1.79. The molecule has 0 bridgehead atoms. The third-order valence-electron chi connectivity index (χ3n) is 1.86. The Morgan fingerprint density at radius 2 is 2.40 bits per heavy atom. The molecule has 3 N–H and O–H groups in total. The molecular weight excluding hydrogens is 190 g/mol. The Balaban J connectivity index is 2.32. The first-order valence-electron chi connectivity index (χ1n) is 5.13. The van der Waals surface area contributed by atoms with Gasteiger partial charge >= 0.3 is 0 Å². The number of nitrogens with two attached hydrogens (primary N) is 1. The first kappa shape index (κ1) is 11.6. The highest BCUT2D eigenvalue weighted by Crippen LogP contribution is 1.95. The van der Waals surface area contributed by atoms with Crippen molar-refractivity contribution in [2.24, 2.45) is 17.8 Å². The van der Waals surface area contributed by atoms with Crippen LogP contribution in [-0.2, 0) is 13.5 Å². The monoisotopic (exact) mass is 209 g/mol. The van der Waals surface area contributed by atoms with Gasteiger partial charge in [-0.3, -0.25) is 9.67 Å². The maximum absolute atomic E-state index is 5.66. The predicted molar refractivity (Wildman–Crippen MR) is 61.7 cm³/mol. The summed E-state index contributed by atoms with van der Waals surface area (Å²) >= 11 is 0. The highest BCUT2D eigenvalue weighted by molar-refractivity contribution is 5.78. The third-order valence-corrected chi connectivity index (χ3v) is 1.86. The van der Waals surface area contributed by atoms with Crippen LogP contribution in [0.15, 0.2) is 17.3 Å². The fourth-order valence-corrected chi connectivity index (χ4v) is 1.23. The minimum absolute atomic E-state index is 0.323. The lowest BCUT2D eigenvalue weighted by Crippen LogP contribution is -2.36. The molecule has 0 aromatic carbocycles. The van der Waals surface area contributed by atoms with Crippen molar-refractivity contribution in [1.82, 2.24) is 15.1 Å². The fraction of sp³-hybridized carbons (Fsp3) is 0.600. The van der Waals surface area contributed by atoms with E-state index in [4.69, 9.17) is 5.73 Å². The molecule has 1 aromatic heterocycles. The molecule has 0 radical (unpaired) electrons. The number of aryl methyl sites for hydroxylation is 1. The molecule has 5 heteroatoms. The first-order chi connectivity index (χ1) is 7.08. The van der Waals surface area contributed by atoms with Gasteiger partial charge in [0, 0.05) is 32.3 Å². The lowest BCUT2D eigenvalue weighted by Gasteiger charge is -2.07. The molecule has 15 heavy (non-hydrogen) atoms. The quantitative estimate of drug-likeness (QED) is 0.552. The van der Waals surface area contributed by atoms with E-state index in [0.29, 0.717) is 18.5 Å². The van der Waals surface area contributed by atoms with E-state index in [2.05, 4.69) is 15.4 Å². The predicted octanol–water partition coefficient (Wildman–Crippen LogP) is 0.275. The highest BCUT2D eigenvalue weighted by Gasteiger charge is 1.97. The number of guanidine groups is 1. The second-order valence-electron chi connectivity index (χ2n) is 3.80. The van der Waals surface area contributed by atoms with Crippen LogP contribution in [0.1, 0.15) is 19.5 Å². The molecule has 1 heterocycles. The molecule has 0 amide bonds. The van der Waals surface area contributed by atoms with Crippen molar-refractivity contribution in [3.8, 4) is 0 Å². The van der Waals surface area contributed by atoms with Gasteiger partial charge in [0.2, 0.25) is 0 Å². The maximum Gasteiger partial charge on any atom is 0.188 e. The van der Waals surface area contributed by atoms with Crippen LogP contribution < -0.4 is 11.1 Å².